The third-order valence-corrected chi connectivity index (χ3v) is 8.36. The van der Waals surface area contributed by atoms with Gasteiger partial charge in [0.2, 0.25) is 11.8 Å². The first-order valence-corrected chi connectivity index (χ1v) is 15.3. The highest BCUT2D eigenvalue weighted by molar-refractivity contribution is 9.10. The Kier molecular flexibility index (Phi) is 10.5. The summed E-state index contributed by atoms with van der Waals surface area (Å²) in [7, 11) is -4.28. The second-order valence-corrected chi connectivity index (χ2v) is 13.2. The Morgan fingerprint density at radius 1 is 0.976 bits per heavy atom. The number of nitrogens with one attached hydrogen (secondary N) is 1. The molecule has 0 heterocycles. The molecule has 41 heavy (non-hydrogen) atoms. The summed E-state index contributed by atoms with van der Waals surface area (Å²) in [5.41, 5.74) is 0.304. The summed E-state index contributed by atoms with van der Waals surface area (Å²) in [6.07, 6.45) is 0. The molecule has 0 spiro atoms. The van der Waals surface area contributed by atoms with Crippen molar-refractivity contribution >= 4 is 43.5 Å². The zero-order valence-electron chi connectivity index (χ0n) is 23.7. The SMILES string of the molecule is CCOc1ccc(S(=O)(=O)N(CC(=O)N(Cc2ccc(Br)cc2)[C@H](C)C(=O)NC(C)(C)C)c2ccc(F)cc2)cc1. The maximum Gasteiger partial charge on any atom is 0.264 e. The molecule has 3 rings (SSSR count). The number of hydrogen-bond acceptors (Lipinski definition) is 5. The van der Waals surface area contributed by atoms with Gasteiger partial charge in [-0.15, -0.1) is 0 Å². The lowest BCUT2D eigenvalue weighted by atomic mass is 10.1. The molecule has 0 fully saturated rings. The van der Waals surface area contributed by atoms with E-state index in [9.17, 15) is 22.4 Å². The van der Waals surface area contributed by atoms with Crippen molar-refractivity contribution in [2.45, 2.75) is 57.6 Å². The number of amides is 2. The molecule has 0 bridgehead atoms. The molecule has 3 aromatic carbocycles. The van der Waals surface area contributed by atoms with E-state index in [1.165, 1.54) is 41.3 Å². The lowest BCUT2D eigenvalue weighted by molar-refractivity contribution is -0.140. The van der Waals surface area contributed by atoms with Crippen LogP contribution in [-0.4, -0.2) is 49.9 Å². The molecule has 220 valence electrons. The topological polar surface area (TPSA) is 96.0 Å². The predicted octanol–water partition coefficient (Wildman–Crippen LogP) is 5.51. The summed E-state index contributed by atoms with van der Waals surface area (Å²) in [6.45, 7) is 8.76. The molecule has 3 aromatic rings. The Morgan fingerprint density at radius 3 is 2.10 bits per heavy atom. The highest BCUT2D eigenvalue weighted by Gasteiger charge is 2.33. The van der Waals surface area contributed by atoms with E-state index in [1.54, 1.807) is 6.92 Å². The lowest BCUT2D eigenvalue weighted by Crippen LogP contribution is -2.54. The lowest BCUT2D eigenvalue weighted by Gasteiger charge is -2.33. The van der Waals surface area contributed by atoms with Crippen LogP contribution in [0.15, 0.2) is 82.2 Å². The summed E-state index contributed by atoms with van der Waals surface area (Å²) < 4.78 is 48.7. The minimum Gasteiger partial charge on any atom is -0.494 e. The smallest absolute Gasteiger partial charge is 0.264 e. The van der Waals surface area contributed by atoms with Gasteiger partial charge in [-0.05, 0) is 101 Å². The van der Waals surface area contributed by atoms with Gasteiger partial charge in [0.25, 0.3) is 10.0 Å². The highest BCUT2D eigenvalue weighted by atomic mass is 79.9. The first-order chi connectivity index (χ1) is 19.2. The number of halogens is 2. The Labute approximate surface area is 249 Å². The van der Waals surface area contributed by atoms with Gasteiger partial charge in [-0.2, -0.15) is 0 Å². The van der Waals surface area contributed by atoms with Crippen LogP contribution in [0.4, 0.5) is 10.1 Å². The zero-order chi connectivity index (χ0) is 30.4. The number of carbonyl (C=O) groups is 2. The molecule has 0 aliphatic rings. The molecule has 0 aromatic heterocycles. The van der Waals surface area contributed by atoms with Crippen molar-refractivity contribution < 1.29 is 27.1 Å². The minimum absolute atomic E-state index is 0.0607. The van der Waals surface area contributed by atoms with Crippen LogP contribution in [0.2, 0.25) is 0 Å². The maximum atomic E-state index is 13.9. The van der Waals surface area contributed by atoms with Gasteiger partial charge in [0.1, 0.15) is 24.2 Å². The van der Waals surface area contributed by atoms with Crippen molar-refractivity contribution in [3.63, 3.8) is 0 Å². The number of benzene rings is 3. The maximum absolute atomic E-state index is 13.9. The van der Waals surface area contributed by atoms with E-state index in [2.05, 4.69) is 21.2 Å². The summed E-state index contributed by atoms with van der Waals surface area (Å²) >= 11 is 3.39. The van der Waals surface area contributed by atoms with Gasteiger partial charge >= 0.3 is 0 Å². The van der Waals surface area contributed by atoms with Gasteiger partial charge in [0.15, 0.2) is 0 Å². The van der Waals surface area contributed by atoms with Crippen LogP contribution < -0.4 is 14.4 Å². The molecule has 2 amide bonds. The summed E-state index contributed by atoms with van der Waals surface area (Å²) in [5, 5.41) is 2.89. The molecule has 0 unspecified atom stereocenters. The molecule has 0 saturated carbocycles. The fraction of sp³-hybridized carbons (Fsp3) is 0.333. The molecule has 0 radical (unpaired) electrons. The number of nitrogens with zero attached hydrogens (tertiary/aromatic N) is 2. The van der Waals surface area contributed by atoms with Crippen LogP contribution >= 0.6 is 15.9 Å². The number of ether oxygens (including phenoxy) is 1. The first-order valence-electron chi connectivity index (χ1n) is 13.1. The van der Waals surface area contributed by atoms with Crippen molar-refractivity contribution in [2.24, 2.45) is 0 Å². The number of rotatable bonds is 11. The number of hydrogen-bond donors (Lipinski definition) is 1. The van der Waals surface area contributed by atoms with E-state index >= 15 is 0 Å². The van der Waals surface area contributed by atoms with Gasteiger partial charge in [-0.3, -0.25) is 13.9 Å². The van der Waals surface area contributed by atoms with E-state index in [-0.39, 0.29) is 23.0 Å². The average Bonchev–Trinajstić information content (AvgIpc) is 2.91. The van der Waals surface area contributed by atoms with Crippen molar-refractivity contribution in [3.8, 4) is 5.75 Å². The predicted molar refractivity (Wildman–Crippen MR) is 161 cm³/mol. The van der Waals surface area contributed by atoms with Crippen molar-refractivity contribution in [3.05, 3.63) is 88.6 Å². The Balaban J connectivity index is 2.02. The minimum atomic E-state index is -4.28. The number of carbonyl (C=O) groups excluding carboxylic acids is 2. The molecule has 8 nitrogen and oxygen atoms in total. The third-order valence-electron chi connectivity index (χ3n) is 6.05. The van der Waals surface area contributed by atoms with Gasteiger partial charge in [0.05, 0.1) is 17.2 Å². The molecule has 1 atom stereocenters. The van der Waals surface area contributed by atoms with Crippen LogP contribution in [0.3, 0.4) is 0 Å². The van der Waals surface area contributed by atoms with E-state index in [4.69, 9.17) is 4.74 Å². The molecular weight excluding hydrogens is 613 g/mol. The number of sulfonamides is 1. The van der Waals surface area contributed by atoms with Gasteiger partial charge in [-0.25, -0.2) is 12.8 Å². The van der Waals surface area contributed by atoms with E-state index < -0.39 is 39.9 Å². The van der Waals surface area contributed by atoms with E-state index in [0.717, 1.165) is 26.5 Å². The molecule has 0 aliphatic carbocycles. The number of anilines is 1. The monoisotopic (exact) mass is 647 g/mol. The highest BCUT2D eigenvalue weighted by Crippen LogP contribution is 2.26. The summed E-state index contributed by atoms with van der Waals surface area (Å²) in [5.74, 6) is -1.05. The first kappa shape index (κ1) is 32.1. The van der Waals surface area contributed by atoms with Gasteiger partial charge in [-0.1, -0.05) is 28.1 Å². The molecule has 0 aliphatic heterocycles. The van der Waals surface area contributed by atoms with Crippen molar-refractivity contribution in [1.29, 1.82) is 0 Å². The van der Waals surface area contributed by atoms with Crippen LogP contribution in [0, 0.1) is 5.82 Å². The normalized spacial score (nSPS) is 12.4. The standard InChI is InChI=1S/C30H35BrFN3O5S/c1-6-40-26-15-17-27(18-16-26)41(38,39)35(25-13-11-24(32)12-14-25)20-28(36)34(19-22-7-9-23(31)10-8-22)21(2)29(37)33-30(3,4)5/h7-18,21H,6,19-20H2,1-5H3,(H,33,37)/t21-/m1/s1. The second kappa shape index (κ2) is 13.5. The second-order valence-electron chi connectivity index (χ2n) is 10.5. The quantitative estimate of drug-likeness (QED) is 0.296. The van der Waals surface area contributed by atoms with Crippen LogP contribution in [0.25, 0.3) is 0 Å². The fourth-order valence-electron chi connectivity index (χ4n) is 3.98. The Morgan fingerprint density at radius 2 is 1.56 bits per heavy atom. The summed E-state index contributed by atoms with van der Waals surface area (Å²) in [4.78, 5) is 28.3. The van der Waals surface area contributed by atoms with E-state index in [0.29, 0.717) is 12.4 Å². The Hall–Kier alpha value is -3.44. The summed E-state index contributed by atoms with van der Waals surface area (Å²) in [6, 6.07) is 17.0. The van der Waals surface area contributed by atoms with Crippen LogP contribution in [-0.2, 0) is 26.2 Å². The largest absolute Gasteiger partial charge is 0.494 e. The third kappa shape index (κ3) is 8.77. The zero-order valence-corrected chi connectivity index (χ0v) is 26.1. The molecule has 0 saturated heterocycles. The van der Waals surface area contributed by atoms with E-state index in [1.807, 2.05) is 52.0 Å². The van der Waals surface area contributed by atoms with Crippen molar-refractivity contribution in [1.82, 2.24) is 10.2 Å². The molecule has 11 heteroatoms. The van der Waals surface area contributed by atoms with Crippen LogP contribution in [0.1, 0.15) is 40.2 Å². The molecule has 1 N–H and O–H groups in total. The van der Waals surface area contributed by atoms with Crippen LogP contribution in [0.5, 0.6) is 5.75 Å². The molecular formula is C30H35BrFN3O5S. The average molecular weight is 649 g/mol. The Bertz CT molecular complexity index is 1440. The van der Waals surface area contributed by atoms with Gasteiger partial charge in [0, 0.05) is 16.6 Å². The van der Waals surface area contributed by atoms with Crippen molar-refractivity contribution in [2.75, 3.05) is 17.5 Å². The van der Waals surface area contributed by atoms with Gasteiger partial charge < -0.3 is 15.0 Å². The fourth-order valence-corrected chi connectivity index (χ4v) is 5.66.